The van der Waals surface area contributed by atoms with Crippen LogP contribution in [0.25, 0.3) is 11.0 Å². The fourth-order valence-electron chi connectivity index (χ4n) is 3.64. The number of nitrogens with zero attached hydrogens (tertiary/aromatic N) is 2. The molecule has 0 fully saturated rings. The summed E-state index contributed by atoms with van der Waals surface area (Å²) >= 11 is 0. The first kappa shape index (κ1) is 21.6. The van der Waals surface area contributed by atoms with E-state index in [0.29, 0.717) is 17.6 Å². The summed E-state index contributed by atoms with van der Waals surface area (Å²) in [5, 5.41) is 2.91. The van der Waals surface area contributed by atoms with Gasteiger partial charge in [-0.2, -0.15) is 0 Å². The number of hydrogen-bond donors (Lipinski definition) is 1. The minimum atomic E-state index is -0.335. The van der Waals surface area contributed by atoms with Gasteiger partial charge in [0.2, 0.25) is 0 Å². The topological polar surface area (TPSA) is 56.1 Å². The average molecular weight is 432 g/mol. The molecule has 4 aromatic rings. The first-order valence-corrected chi connectivity index (χ1v) is 10.7. The molecule has 5 nitrogen and oxygen atoms in total. The van der Waals surface area contributed by atoms with Gasteiger partial charge in [0.05, 0.1) is 11.0 Å². The monoisotopic (exact) mass is 431 g/mol. The molecule has 0 saturated carbocycles. The summed E-state index contributed by atoms with van der Waals surface area (Å²) < 4.78 is 21.6. The highest BCUT2D eigenvalue weighted by molar-refractivity contribution is 5.97. The normalized spacial score (nSPS) is 12.2. The van der Waals surface area contributed by atoms with Gasteiger partial charge in [0, 0.05) is 18.2 Å². The first-order chi connectivity index (χ1) is 15.4. The molecular formula is C26H26FN3O2. The van der Waals surface area contributed by atoms with Crippen molar-refractivity contribution in [3.05, 3.63) is 95.6 Å². The van der Waals surface area contributed by atoms with Crippen molar-refractivity contribution in [1.29, 1.82) is 0 Å². The number of para-hydroxylation sites is 1. The molecule has 0 spiro atoms. The molecule has 6 heteroatoms. The molecule has 0 aliphatic heterocycles. The Morgan fingerprint density at radius 1 is 1.03 bits per heavy atom. The number of nitrogens with one attached hydrogen (secondary N) is 1. The SMILES string of the molecule is CC(C)NC(=O)c1ccc2c(c1)nc(C(C)Oc1ccccc1)n2Cc1ccc(F)cc1. The summed E-state index contributed by atoms with van der Waals surface area (Å²) in [4.78, 5) is 17.3. The summed E-state index contributed by atoms with van der Waals surface area (Å²) in [5.74, 6) is 1.07. The van der Waals surface area contributed by atoms with Gasteiger partial charge in [-0.3, -0.25) is 4.79 Å². The zero-order valence-corrected chi connectivity index (χ0v) is 18.4. The van der Waals surface area contributed by atoms with Crippen LogP contribution in [0.15, 0.2) is 72.8 Å². The average Bonchev–Trinajstić information content (AvgIpc) is 3.13. The number of carbonyl (C=O) groups is 1. The maximum atomic E-state index is 13.4. The van der Waals surface area contributed by atoms with Gasteiger partial charge in [-0.25, -0.2) is 9.37 Å². The lowest BCUT2D eigenvalue weighted by Crippen LogP contribution is -2.29. The van der Waals surface area contributed by atoms with Gasteiger partial charge < -0.3 is 14.6 Å². The van der Waals surface area contributed by atoms with Crippen molar-refractivity contribution < 1.29 is 13.9 Å². The van der Waals surface area contributed by atoms with Crippen LogP contribution < -0.4 is 10.1 Å². The third-order valence-corrected chi connectivity index (χ3v) is 5.13. The van der Waals surface area contributed by atoms with Gasteiger partial charge in [0.25, 0.3) is 5.91 Å². The van der Waals surface area contributed by atoms with Crippen molar-refractivity contribution in [1.82, 2.24) is 14.9 Å². The van der Waals surface area contributed by atoms with Gasteiger partial charge in [-0.15, -0.1) is 0 Å². The van der Waals surface area contributed by atoms with Gasteiger partial charge in [0.1, 0.15) is 11.6 Å². The number of amides is 1. The van der Waals surface area contributed by atoms with Crippen molar-refractivity contribution in [2.75, 3.05) is 0 Å². The quantitative estimate of drug-likeness (QED) is 0.420. The molecule has 3 aromatic carbocycles. The summed E-state index contributed by atoms with van der Waals surface area (Å²) in [6, 6.07) is 21.5. The Bertz CT molecular complexity index is 1220. The predicted octanol–water partition coefficient (Wildman–Crippen LogP) is 5.50. The van der Waals surface area contributed by atoms with E-state index in [2.05, 4.69) is 9.88 Å². The van der Waals surface area contributed by atoms with Crippen LogP contribution >= 0.6 is 0 Å². The summed E-state index contributed by atoms with van der Waals surface area (Å²) in [7, 11) is 0. The smallest absolute Gasteiger partial charge is 0.251 e. The minimum absolute atomic E-state index is 0.0455. The predicted molar refractivity (Wildman–Crippen MR) is 123 cm³/mol. The second kappa shape index (κ2) is 9.22. The highest BCUT2D eigenvalue weighted by Crippen LogP contribution is 2.27. The van der Waals surface area contributed by atoms with E-state index in [1.165, 1.54) is 12.1 Å². The van der Waals surface area contributed by atoms with Gasteiger partial charge >= 0.3 is 0 Å². The Balaban J connectivity index is 1.74. The highest BCUT2D eigenvalue weighted by Gasteiger charge is 2.20. The molecule has 1 heterocycles. The molecule has 4 rings (SSSR count). The van der Waals surface area contributed by atoms with Crippen LogP contribution in [-0.2, 0) is 6.54 Å². The lowest BCUT2D eigenvalue weighted by atomic mass is 10.1. The fraction of sp³-hybridized carbons (Fsp3) is 0.231. The van der Waals surface area contributed by atoms with E-state index >= 15 is 0 Å². The zero-order valence-electron chi connectivity index (χ0n) is 18.4. The third kappa shape index (κ3) is 4.80. The molecule has 164 valence electrons. The van der Waals surface area contributed by atoms with Crippen LogP contribution in [0, 0.1) is 5.82 Å². The molecule has 1 aromatic heterocycles. The second-order valence-corrected chi connectivity index (χ2v) is 8.09. The second-order valence-electron chi connectivity index (χ2n) is 8.09. The molecule has 32 heavy (non-hydrogen) atoms. The Morgan fingerprint density at radius 2 is 1.75 bits per heavy atom. The van der Waals surface area contributed by atoms with Crippen LogP contribution in [0.3, 0.4) is 0 Å². The number of halogens is 1. The van der Waals surface area contributed by atoms with Crippen molar-refractivity contribution in [2.45, 2.75) is 39.5 Å². The summed E-state index contributed by atoms with van der Waals surface area (Å²) in [6.07, 6.45) is -0.335. The Hall–Kier alpha value is -3.67. The molecule has 0 saturated heterocycles. The van der Waals surface area contributed by atoms with Crippen LogP contribution in [0.5, 0.6) is 5.75 Å². The number of hydrogen-bond acceptors (Lipinski definition) is 3. The van der Waals surface area contributed by atoms with E-state index in [0.717, 1.165) is 22.7 Å². The molecule has 1 atom stereocenters. The van der Waals surface area contributed by atoms with Gasteiger partial charge in [-0.05, 0) is 68.8 Å². The van der Waals surface area contributed by atoms with E-state index in [-0.39, 0.29) is 23.9 Å². The van der Waals surface area contributed by atoms with Crippen LogP contribution in [0.4, 0.5) is 4.39 Å². The lowest BCUT2D eigenvalue weighted by molar-refractivity contribution is 0.0943. The van der Waals surface area contributed by atoms with E-state index in [1.54, 1.807) is 24.3 Å². The van der Waals surface area contributed by atoms with Gasteiger partial charge in [-0.1, -0.05) is 30.3 Å². The van der Waals surface area contributed by atoms with Crippen LogP contribution in [0.2, 0.25) is 0 Å². The maximum Gasteiger partial charge on any atom is 0.251 e. The van der Waals surface area contributed by atoms with Crippen molar-refractivity contribution in [2.24, 2.45) is 0 Å². The molecule has 1 unspecified atom stereocenters. The first-order valence-electron chi connectivity index (χ1n) is 10.7. The van der Waals surface area contributed by atoms with Crippen molar-refractivity contribution >= 4 is 16.9 Å². The molecule has 0 aliphatic carbocycles. The lowest BCUT2D eigenvalue weighted by Gasteiger charge is -2.17. The van der Waals surface area contributed by atoms with E-state index in [9.17, 15) is 9.18 Å². The number of benzene rings is 3. The number of ether oxygens (including phenoxy) is 1. The van der Waals surface area contributed by atoms with Crippen molar-refractivity contribution in [3.63, 3.8) is 0 Å². The molecular weight excluding hydrogens is 405 g/mol. The zero-order chi connectivity index (χ0) is 22.7. The Kier molecular flexibility index (Phi) is 6.21. The van der Waals surface area contributed by atoms with Crippen LogP contribution in [-0.4, -0.2) is 21.5 Å². The largest absolute Gasteiger partial charge is 0.483 e. The standard InChI is InChI=1S/C26H26FN3O2/c1-17(2)28-26(31)20-11-14-24-23(15-20)29-25(18(3)32-22-7-5-4-6-8-22)30(24)16-19-9-12-21(27)13-10-19/h4-15,17-18H,16H2,1-3H3,(H,28,31). The Labute approximate surface area is 186 Å². The van der Waals surface area contributed by atoms with Crippen LogP contribution in [0.1, 0.15) is 48.6 Å². The number of rotatable bonds is 7. The molecule has 0 bridgehead atoms. The van der Waals surface area contributed by atoms with E-state index in [1.807, 2.05) is 57.2 Å². The molecule has 1 amide bonds. The fourth-order valence-corrected chi connectivity index (χ4v) is 3.64. The van der Waals surface area contributed by atoms with Crippen molar-refractivity contribution in [3.8, 4) is 5.75 Å². The van der Waals surface area contributed by atoms with Gasteiger partial charge in [0.15, 0.2) is 11.9 Å². The maximum absolute atomic E-state index is 13.4. The molecule has 1 N–H and O–H groups in total. The number of fused-ring (bicyclic) bond motifs is 1. The number of imidazole rings is 1. The minimum Gasteiger partial charge on any atom is -0.483 e. The Morgan fingerprint density at radius 3 is 2.44 bits per heavy atom. The molecule has 0 radical (unpaired) electrons. The summed E-state index contributed by atoms with van der Waals surface area (Å²) in [6.45, 7) is 6.30. The highest BCUT2D eigenvalue weighted by atomic mass is 19.1. The third-order valence-electron chi connectivity index (χ3n) is 5.13. The number of aromatic nitrogens is 2. The van der Waals surface area contributed by atoms with E-state index in [4.69, 9.17) is 9.72 Å². The number of carbonyl (C=O) groups excluding carboxylic acids is 1. The molecule has 0 aliphatic rings. The van der Waals surface area contributed by atoms with E-state index < -0.39 is 0 Å². The summed E-state index contributed by atoms with van der Waals surface area (Å²) in [5.41, 5.74) is 3.09.